The predicted octanol–water partition coefficient (Wildman–Crippen LogP) is 6.11. The molecule has 0 atom stereocenters. The maximum absolute atomic E-state index is 12.7. The molecule has 3 rings (SSSR count). The van der Waals surface area contributed by atoms with E-state index >= 15 is 0 Å². The number of alkyl halides is 3. The first-order valence-electron chi connectivity index (χ1n) is 6.82. The van der Waals surface area contributed by atoms with Crippen LogP contribution >= 0.6 is 22.7 Å². The first-order valence-corrected chi connectivity index (χ1v) is 8.52. The van der Waals surface area contributed by atoms with Crippen molar-refractivity contribution in [3.8, 4) is 9.75 Å². The summed E-state index contributed by atoms with van der Waals surface area (Å²) in [4.78, 5) is 7.73. The maximum atomic E-state index is 12.7. The van der Waals surface area contributed by atoms with Gasteiger partial charge in [0, 0.05) is 20.8 Å². The Morgan fingerprint density at radius 1 is 1.00 bits per heavy atom. The molecule has 0 unspecified atom stereocenters. The number of rotatable bonds is 4. The molecule has 23 heavy (non-hydrogen) atoms. The first kappa shape index (κ1) is 16.0. The normalized spacial score (nSPS) is 12.1. The molecule has 0 aliphatic carbocycles. The van der Waals surface area contributed by atoms with Crippen molar-refractivity contribution >= 4 is 28.9 Å². The van der Waals surface area contributed by atoms with Crippen LogP contribution in [-0.4, -0.2) is 6.21 Å². The second-order valence-corrected chi connectivity index (χ2v) is 6.95. The van der Waals surface area contributed by atoms with Gasteiger partial charge >= 0.3 is 6.18 Å². The van der Waals surface area contributed by atoms with E-state index in [1.165, 1.54) is 22.0 Å². The van der Waals surface area contributed by atoms with Crippen molar-refractivity contribution in [2.75, 3.05) is 0 Å². The zero-order chi connectivity index (χ0) is 16.3. The summed E-state index contributed by atoms with van der Waals surface area (Å²) >= 11 is 3.33. The average molecular weight is 351 g/mol. The van der Waals surface area contributed by atoms with Crippen LogP contribution in [0.25, 0.3) is 9.75 Å². The summed E-state index contributed by atoms with van der Waals surface area (Å²) in [6, 6.07) is 13.3. The van der Waals surface area contributed by atoms with Crippen molar-refractivity contribution in [3.63, 3.8) is 0 Å². The van der Waals surface area contributed by atoms with Crippen molar-refractivity contribution in [2.24, 2.45) is 4.99 Å². The molecule has 6 heteroatoms. The SMILES string of the molecule is FC(F)(F)c1cccc(C=NCc2ccc(-c3cccs3)s2)c1. The van der Waals surface area contributed by atoms with E-state index in [0.29, 0.717) is 12.1 Å². The highest BCUT2D eigenvalue weighted by atomic mass is 32.1. The Morgan fingerprint density at radius 3 is 2.61 bits per heavy atom. The van der Waals surface area contributed by atoms with E-state index in [2.05, 4.69) is 11.1 Å². The lowest BCUT2D eigenvalue weighted by molar-refractivity contribution is -0.137. The fourth-order valence-electron chi connectivity index (χ4n) is 2.05. The highest BCUT2D eigenvalue weighted by molar-refractivity contribution is 7.21. The highest BCUT2D eigenvalue weighted by Crippen LogP contribution is 2.32. The van der Waals surface area contributed by atoms with Crippen LogP contribution in [0, 0.1) is 0 Å². The summed E-state index contributed by atoms with van der Waals surface area (Å²) in [5, 5.41) is 2.03. The minimum Gasteiger partial charge on any atom is -0.287 e. The summed E-state index contributed by atoms with van der Waals surface area (Å²) in [7, 11) is 0. The zero-order valence-corrected chi connectivity index (χ0v) is 13.5. The third kappa shape index (κ3) is 4.09. The number of hydrogen-bond acceptors (Lipinski definition) is 3. The summed E-state index contributed by atoms with van der Waals surface area (Å²) in [5.41, 5.74) is -0.201. The molecular formula is C17H12F3NS2. The smallest absolute Gasteiger partial charge is 0.287 e. The minimum absolute atomic E-state index is 0.454. The lowest BCUT2D eigenvalue weighted by atomic mass is 10.1. The quantitative estimate of drug-likeness (QED) is 0.503. The van der Waals surface area contributed by atoms with Crippen molar-refractivity contribution in [1.29, 1.82) is 0 Å². The van der Waals surface area contributed by atoms with E-state index in [4.69, 9.17) is 0 Å². The van der Waals surface area contributed by atoms with E-state index in [1.807, 2.05) is 23.6 Å². The molecule has 2 aromatic heterocycles. The van der Waals surface area contributed by atoms with E-state index < -0.39 is 11.7 Å². The van der Waals surface area contributed by atoms with Crippen LogP contribution < -0.4 is 0 Å². The molecule has 1 aromatic carbocycles. The zero-order valence-electron chi connectivity index (χ0n) is 11.9. The molecular weight excluding hydrogens is 339 g/mol. The van der Waals surface area contributed by atoms with Crippen molar-refractivity contribution in [1.82, 2.24) is 0 Å². The number of thiophene rings is 2. The second-order valence-electron chi connectivity index (χ2n) is 4.84. The monoisotopic (exact) mass is 351 g/mol. The average Bonchev–Trinajstić information content (AvgIpc) is 3.18. The van der Waals surface area contributed by atoms with Crippen LogP contribution in [0.15, 0.2) is 58.9 Å². The third-order valence-electron chi connectivity index (χ3n) is 3.13. The molecule has 0 saturated carbocycles. The van der Waals surface area contributed by atoms with Gasteiger partial charge in [0.05, 0.1) is 12.1 Å². The molecule has 0 saturated heterocycles. The summed E-state index contributed by atoms with van der Waals surface area (Å²) in [6.45, 7) is 0.465. The second kappa shape index (κ2) is 6.68. The number of aliphatic imine (C=N–C) groups is 1. The standard InChI is InChI=1S/C17H12F3NS2/c18-17(19,20)13-4-1-3-12(9-13)10-21-11-14-6-7-16(23-14)15-5-2-8-22-15/h1-10H,11H2. The van der Waals surface area contributed by atoms with E-state index in [0.717, 1.165) is 17.0 Å². The van der Waals surface area contributed by atoms with Crippen LogP contribution in [0.1, 0.15) is 16.0 Å². The van der Waals surface area contributed by atoms with Gasteiger partial charge in [0.2, 0.25) is 0 Å². The van der Waals surface area contributed by atoms with E-state index in [-0.39, 0.29) is 0 Å². The van der Waals surface area contributed by atoms with Gasteiger partial charge in [-0.1, -0.05) is 18.2 Å². The molecule has 0 aliphatic heterocycles. The van der Waals surface area contributed by atoms with Crippen LogP contribution in [0.2, 0.25) is 0 Å². The van der Waals surface area contributed by atoms with E-state index in [9.17, 15) is 13.2 Å². The van der Waals surface area contributed by atoms with Crippen LogP contribution in [0.4, 0.5) is 13.2 Å². The number of nitrogens with zero attached hydrogens (tertiary/aromatic N) is 1. The number of halogens is 3. The Hall–Kier alpha value is -1.92. The van der Waals surface area contributed by atoms with Gasteiger partial charge in [-0.25, -0.2) is 0 Å². The molecule has 0 amide bonds. The Balaban J connectivity index is 1.68. The molecule has 118 valence electrons. The summed E-state index contributed by atoms with van der Waals surface area (Å²) in [6.07, 6.45) is -2.84. The maximum Gasteiger partial charge on any atom is 0.416 e. The van der Waals surface area contributed by atoms with Crippen molar-refractivity contribution in [3.05, 3.63) is 69.9 Å². The molecule has 3 aromatic rings. The van der Waals surface area contributed by atoms with Crippen LogP contribution in [0.3, 0.4) is 0 Å². The van der Waals surface area contributed by atoms with Gasteiger partial charge in [-0.05, 0) is 41.3 Å². The minimum atomic E-state index is -4.33. The molecule has 0 spiro atoms. The Kier molecular flexibility index (Phi) is 4.63. The lowest BCUT2D eigenvalue weighted by Crippen LogP contribution is -2.05. The molecule has 0 fully saturated rings. The van der Waals surface area contributed by atoms with Crippen LogP contribution in [0.5, 0.6) is 0 Å². The largest absolute Gasteiger partial charge is 0.416 e. The fourth-order valence-corrected chi connectivity index (χ4v) is 3.83. The third-order valence-corrected chi connectivity index (χ3v) is 5.26. The molecule has 0 radical (unpaired) electrons. The molecule has 0 N–H and O–H groups in total. The topological polar surface area (TPSA) is 12.4 Å². The molecule has 2 heterocycles. The van der Waals surface area contributed by atoms with Gasteiger partial charge in [0.25, 0.3) is 0 Å². The number of hydrogen-bond donors (Lipinski definition) is 0. The van der Waals surface area contributed by atoms with Crippen LogP contribution in [-0.2, 0) is 12.7 Å². The van der Waals surface area contributed by atoms with Gasteiger partial charge in [0.15, 0.2) is 0 Å². The van der Waals surface area contributed by atoms with Crippen molar-refractivity contribution in [2.45, 2.75) is 12.7 Å². The fraction of sp³-hybridized carbons (Fsp3) is 0.118. The summed E-state index contributed by atoms with van der Waals surface area (Å²) in [5.74, 6) is 0. The molecule has 0 bridgehead atoms. The summed E-state index contributed by atoms with van der Waals surface area (Å²) < 4.78 is 38.0. The molecule has 0 aliphatic rings. The van der Waals surface area contributed by atoms with Gasteiger partial charge < -0.3 is 0 Å². The van der Waals surface area contributed by atoms with Gasteiger partial charge in [-0.15, -0.1) is 22.7 Å². The van der Waals surface area contributed by atoms with Gasteiger partial charge in [-0.3, -0.25) is 4.99 Å². The highest BCUT2D eigenvalue weighted by Gasteiger charge is 2.30. The van der Waals surface area contributed by atoms with Gasteiger partial charge in [0.1, 0.15) is 0 Å². The van der Waals surface area contributed by atoms with Crippen molar-refractivity contribution < 1.29 is 13.2 Å². The molecule has 1 nitrogen and oxygen atoms in total. The lowest BCUT2D eigenvalue weighted by Gasteiger charge is -2.06. The Bertz CT molecular complexity index is 801. The Morgan fingerprint density at radius 2 is 1.87 bits per heavy atom. The Labute approximate surface area is 139 Å². The number of benzene rings is 1. The van der Waals surface area contributed by atoms with E-state index in [1.54, 1.807) is 28.7 Å². The first-order chi connectivity index (χ1) is 11.0. The van der Waals surface area contributed by atoms with Gasteiger partial charge in [-0.2, -0.15) is 13.2 Å². The predicted molar refractivity (Wildman–Crippen MR) is 90.4 cm³/mol.